The van der Waals surface area contributed by atoms with Gasteiger partial charge in [0.05, 0.1) is 91.4 Å². The lowest BCUT2D eigenvalue weighted by Gasteiger charge is -2.08. The first-order valence-corrected chi connectivity index (χ1v) is 40.5. The molecule has 37 nitrogen and oxygen atoms in total. The number of alkyl halides is 3. The maximum Gasteiger partial charge on any atom is 0.416 e. The summed E-state index contributed by atoms with van der Waals surface area (Å²) < 4.78 is 87.3. The monoisotopic (exact) mass is 1790 g/mol. The number of hydrogen-bond acceptors (Lipinski definition) is 34. The summed E-state index contributed by atoms with van der Waals surface area (Å²) in [6.45, 7) is 10.5. The van der Waals surface area contributed by atoms with Crippen molar-refractivity contribution < 1.29 is 44.7 Å². The molecule has 24 rings (SSSR count). The van der Waals surface area contributed by atoms with E-state index in [1.54, 1.807) is 149 Å². The van der Waals surface area contributed by atoms with Crippen LogP contribution in [0, 0.1) is 47.4 Å². The maximum absolute atomic E-state index is 13.2. The lowest BCUT2D eigenvalue weighted by Crippen LogP contribution is -2.04. The quantitative estimate of drug-likeness (QED) is 0.103. The van der Waals surface area contributed by atoms with Gasteiger partial charge in [0.15, 0.2) is 5.65 Å². The third-order valence-electron chi connectivity index (χ3n) is 19.9. The normalized spacial score (nSPS) is 11.2. The molecule has 22 aromatic heterocycles. The van der Waals surface area contributed by atoms with E-state index < -0.39 is 11.7 Å². The van der Waals surface area contributed by atoms with E-state index >= 15 is 0 Å². The average Bonchev–Trinajstić information content (AvgIpc) is 1.21. The molecule has 0 radical (unpaired) electrons. The van der Waals surface area contributed by atoms with E-state index in [2.05, 4.69) is 141 Å². The van der Waals surface area contributed by atoms with Crippen LogP contribution >= 0.6 is 0 Å². The summed E-state index contributed by atoms with van der Waals surface area (Å²) in [5, 5.41) is 40.1. The fourth-order valence-electron chi connectivity index (χ4n) is 13.5. The first-order chi connectivity index (χ1) is 65.3. The summed E-state index contributed by atoms with van der Waals surface area (Å²) in [5.41, 5.74) is 16.1. The third kappa shape index (κ3) is 19.5. The predicted molar refractivity (Wildman–Crippen MR) is 475 cm³/mol. The Labute approximate surface area is 751 Å². The SMILES string of the molecule is Cc1nc(-c2ccnc(-c3cc4cc(C(F)(F)F)ccc4cn3)c2)no1.Cc1nc(-c2ccnc(-c3cc4ccc(F)cc4cn3)c2)no1.Cc1nc(-c2ccnc(-c3cc4ccccn4n3)c2)no1.Cc1nc(-c2ccnc(-c3cc4ccnn4cn3)c2)no1.Cc1nc(-c2ccnc(-c3cc4cncnc4cn3)c2)no1.Cc1nc(-c2ccnc(-c3cc4ncccn4n3)c2)no1. The molecule has 22 heterocycles. The van der Waals surface area contributed by atoms with Crippen LogP contribution in [0.25, 0.3) is 186 Å². The van der Waals surface area contributed by atoms with Gasteiger partial charge in [-0.3, -0.25) is 44.9 Å². The molecule has 134 heavy (non-hydrogen) atoms. The summed E-state index contributed by atoms with van der Waals surface area (Å²) in [4.78, 5) is 81.1. The maximum atomic E-state index is 13.2. The Morgan fingerprint density at radius 1 is 0.284 bits per heavy atom. The zero-order chi connectivity index (χ0) is 91.8. The first kappa shape index (κ1) is 84.6. The molecule has 24 aromatic rings. The minimum atomic E-state index is -4.40. The van der Waals surface area contributed by atoms with Gasteiger partial charge in [0.25, 0.3) is 0 Å². The van der Waals surface area contributed by atoms with Gasteiger partial charge in [0.1, 0.15) is 29.9 Å². The molecule has 41 heteroatoms. The second-order valence-corrected chi connectivity index (χ2v) is 29.3. The molecule has 654 valence electrons. The van der Waals surface area contributed by atoms with Gasteiger partial charge in [0, 0.05) is 172 Å². The topological polar surface area (TPSA) is 453 Å². The van der Waals surface area contributed by atoms with Crippen molar-refractivity contribution in [3.63, 3.8) is 0 Å². The Morgan fingerprint density at radius 2 is 0.687 bits per heavy atom. The van der Waals surface area contributed by atoms with E-state index in [0.29, 0.717) is 109 Å². The number of rotatable bonds is 12. The molecule has 0 amide bonds. The summed E-state index contributed by atoms with van der Waals surface area (Å²) >= 11 is 0. The molecular weight excluding hydrogens is 1720 g/mol. The van der Waals surface area contributed by atoms with Crippen LogP contribution in [0.4, 0.5) is 17.6 Å². The first-order valence-electron chi connectivity index (χ1n) is 40.5. The largest absolute Gasteiger partial charge is 0.416 e. The van der Waals surface area contributed by atoms with Crippen LogP contribution in [-0.4, -0.2) is 154 Å². The van der Waals surface area contributed by atoms with E-state index in [9.17, 15) is 17.6 Å². The highest BCUT2D eigenvalue weighted by atomic mass is 19.4. The summed E-state index contributed by atoms with van der Waals surface area (Å²) in [6.07, 6.45) is 22.7. The minimum Gasteiger partial charge on any atom is -0.339 e. The number of benzene rings is 2. The molecule has 0 aliphatic carbocycles. The number of aryl methyl sites for hydroxylation is 6. The van der Waals surface area contributed by atoms with Crippen molar-refractivity contribution in [2.75, 3.05) is 0 Å². The highest BCUT2D eigenvalue weighted by Gasteiger charge is 2.31. The van der Waals surface area contributed by atoms with E-state index in [-0.39, 0.29) is 5.82 Å². The molecule has 0 fully saturated rings. The lowest BCUT2D eigenvalue weighted by molar-refractivity contribution is -0.137. The predicted octanol–water partition coefficient (Wildman–Crippen LogP) is 18.0. The van der Waals surface area contributed by atoms with E-state index in [1.165, 1.54) is 30.7 Å². The smallest absolute Gasteiger partial charge is 0.339 e. The van der Waals surface area contributed by atoms with Crippen LogP contribution in [-0.2, 0) is 6.18 Å². The van der Waals surface area contributed by atoms with Gasteiger partial charge in [-0.1, -0.05) is 49.1 Å². The number of hydrogen-bond donors (Lipinski definition) is 0. The Morgan fingerprint density at radius 3 is 1.15 bits per heavy atom. The number of nitrogens with zero attached hydrogens (tertiary/aromatic N) is 31. The molecule has 0 saturated heterocycles. The van der Waals surface area contributed by atoms with Gasteiger partial charge in [-0.2, -0.15) is 58.4 Å². The van der Waals surface area contributed by atoms with Crippen LogP contribution < -0.4 is 0 Å². The van der Waals surface area contributed by atoms with Crippen molar-refractivity contribution in [1.82, 2.24) is 154 Å². The molecule has 2 aromatic carbocycles. The van der Waals surface area contributed by atoms with Gasteiger partial charge < -0.3 is 27.1 Å². The Hall–Kier alpha value is -18.9. The van der Waals surface area contributed by atoms with Crippen LogP contribution in [0.15, 0.2) is 302 Å². The third-order valence-corrected chi connectivity index (χ3v) is 19.9. The Kier molecular flexibility index (Phi) is 23.5. The Balaban J connectivity index is 0.000000104. The van der Waals surface area contributed by atoms with Gasteiger partial charge in [-0.15, -0.1) is 0 Å². The summed E-state index contributed by atoms with van der Waals surface area (Å²) in [5.74, 6) is 5.86. The van der Waals surface area contributed by atoms with Gasteiger partial charge in [-0.25, -0.2) is 37.9 Å². The van der Waals surface area contributed by atoms with Crippen LogP contribution in [0.1, 0.15) is 40.9 Å². The van der Waals surface area contributed by atoms with Crippen LogP contribution in [0.5, 0.6) is 0 Å². The van der Waals surface area contributed by atoms with Gasteiger partial charge in [-0.05, 0) is 162 Å². The fraction of sp³-hybridized carbons (Fsp3) is 0.0753. The van der Waals surface area contributed by atoms with Crippen molar-refractivity contribution in [2.45, 2.75) is 47.7 Å². The summed E-state index contributed by atoms with van der Waals surface area (Å²) in [7, 11) is 0. The number of halogens is 4. The van der Waals surface area contributed by atoms with E-state index in [0.717, 1.165) is 124 Å². The molecule has 0 aliphatic rings. The Bertz CT molecular complexity index is 8020. The minimum absolute atomic E-state index is 0.278. The fourth-order valence-corrected chi connectivity index (χ4v) is 13.5. The van der Waals surface area contributed by atoms with E-state index in [4.69, 9.17) is 27.1 Å². The highest BCUT2D eigenvalue weighted by molar-refractivity contribution is 5.87. The van der Waals surface area contributed by atoms with Gasteiger partial charge in [0.2, 0.25) is 70.3 Å². The molecular formula is C93H63F4N31O6. The van der Waals surface area contributed by atoms with Gasteiger partial charge >= 0.3 is 6.18 Å². The zero-order valence-corrected chi connectivity index (χ0v) is 70.8. The van der Waals surface area contributed by atoms with Crippen molar-refractivity contribution in [1.29, 1.82) is 0 Å². The zero-order valence-electron chi connectivity index (χ0n) is 70.8. The molecule has 0 N–H and O–H groups in total. The number of fused-ring (bicyclic) bond motifs is 6. The van der Waals surface area contributed by atoms with Crippen LogP contribution in [0.2, 0.25) is 0 Å². The molecule has 0 aliphatic heterocycles. The molecule has 0 saturated carbocycles. The lowest BCUT2D eigenvalue weighted by atomic mass is 10.1. The number of pyridine rings is 10. The summed E-state index contributed by atoms with van der Waals surface area (Å²) in [6, 6.07) is 51.0. The molecule has 0 unspecified atom stereocenters. The second kappa shape index (κ2) is 37.2. The second-order valence-electron chi connectivity index (χ2n) is 29.3. The molecule has 0 atom stereocenters. The van der Waals surface area contributed by atoms with Crippen molar-refractivity contribution >= 4 is 49.1 Å². The van der Waals surface area contributed by atoms with Crippen LogP contribution in [0.3, 0.4) is 0 Å². The molecule has 0 spiro atoms. The van der Waals surface area contributed by atoms with Crippen molar-refractivity contribution in [2.24, 2.45) is 0 Å². The number of aromatic nitrogens is 31. The van der Waals surface area contributed by atoms with Crippen molar-refractivity contribution in [3.05, 3.63) is 322 Å². The van der Waals surface area contributed by atoms with E-state index in [1.807, 2.05) is 138 Å². The standard InChI is InChI=1S/C18H11F3N4O.C17H11FN4O.C15H10N6O.C15H11N5O.2C14H10N6O/c1-10-24-17(25-26-10)11-4-5-22-15(7-11)16-8-13-6-14(18(19,20)21)3-2-12(13)9-23-16;1-10-21-17(22-23-10)12-4-5-19-15(8-12)16-7-11-2-3-14(18)6-13(11)9-20-16;1-9-20-15(21-22-9)10-2-3-17-12(4-10)13-5-11-6-16-8-19-14(11)7-18-13;1-10-17-15(19-21-10)11-5-6-16-13(8-11)14-9-12-4-2-3-7-20(12)18-14;1-9-18-14(19-21-9)10-2-4-15-12(6-10)13-7-11-3-5-17-20(11)8-16-13;1-9-17-14(19-21-9)10-3-5-15-11(7-10)12-8-13-16-4-2-6-20(13)18-12/h2-9H,1H3;2-9H,1H3;2-8H,1H3;2-9H,1H3;2*2-8H,1H3. The van der Waals surface area contributed by atoms with Crippen molar-refractivity contribution in [3.8, 4) is 137 Å². The average molecular weight is 1790 g/mol. The highest BCUT2D eigenvalue weighted by Crippen LogP contribution is 2.35. The molecule has 0 bridgehead atoms.